The number of methoxy groups -OCH3 is 1. The molecule has 1 aromatic heterocycles. The molecule has 1 amide bonds. The maximum Gasteiger partial charge on any atom is 0.307 e. The summed E-state index contributed by atoms with van der Waals surface area (Å²) in [6.45, 7) is 1.90. The van der Waals surface area contributed by atoms with Crippen molar-refractivity contribution >= 4 is 28.8 Å². The van der Waals surface area contributed by atoms with E-state index in [-0.39, 0.29) is 11.4 Å². The molecule has 0 unspecified atom stereocenters. The van der Waals surface area contributed by atoms with Gasteiger partial charge in [0.05, 0.1) is 18.2 Å². The smallest absolute Gasteiger partial charge is 0.307 e. The minimum absolute atomic E-state index is 0.0177. The number of nitro benzene ring substituents is 1. The number of hydrazone groups is 1. The van der Waals surface area contributed by atoms with Crippen LogP contribution < -0.4 is 10.2 Å². The normalized spacial score (nSPS) is 11.0. The zero-order chi connectivity index (χ0) is 18.7. The van der Waals surface area contributed by atoms with E-state index in [0.717, 1.165) is 16.9 Å². The Hall–Kier alpha value is -3.68. The van der Waals surface area contributed by atoms with Crippen LogP contribution in [0, 0.1) is 17.0 Å². The molecule has 0 aliphatic carbocycles. The largest absolute Gasteiger partial charge is 0.497 e. The van der Waals surface area contributed by atoms with Crippen LogP contribution in [0.4, 0.5) is 5.69 Å². The average molecular weight is 353 g/mol. The molecule has 0 fully saturated rings. The van der Waals surface area contributed by atoms with Gasteiger partial charge in [-0.3, -0.25) is 14.9 Å². The molecule has 1 heterocycles. The molecule has 8 heteroatoms. The first kappa shape index (κ1) is 17.2. The van der Waals surface area contributed by atoms with Crippen LogP contribution in [-0.4, -0.2) is 24.2 Å². The number of furan rings is 1. The van der Waals surface area contributed by atoms with E-state index in [4.69, 9.17) is 9.15 Å². The molecule has 0 aliphatic heterocycles. The number of carbonyl (C=O) groups is 1. The predicted octanol–water partition coefficient (Wildman–Crippen LogP) is 3.42. The molecule has 0 atom stereocenters. The zero-order valence-corrected chi connectivity index (χ0v) is 14.1. The highest BCUT2D eigenvalue weighted by atomic mass is 16.6. The Morgan fingerprint density at radius 3 is 2.77 bits per heavy atom. The summed E-state index contributed by atoms with van der Waals surface area (Å²) in [5.41, 5.74) is 4.46. The number of ether oxygens (including phenoxy) is 1. The third-order valence-electron chi connectivity index (χ3n) is 3.78. The van der Waals surface area contributed by atoms with Crippen LogP contribution in [-0.2, 0) is 0 Å². The lowest BCUT2D eigenvalue weighted by molar-refractivity contribution is -0.384. The van der Waals surface area contributed by atoms with Crippen molar-refractivity contribution in [3.05, 3.63) is 69.5 Å². The van der Waals surface area contributed by atoms with E-state index in [9.17, 15) is 14.9 Å². The molecule has 0 bridgehead atoms. The number of nitrogens with zero attached hydrogens (tertiary/aromatic N) is 2. The van der Waals surface area contributed by atoms with Gasteiger partial charge >= 0.3 is 5.91 Å². The molecular formula is C18H15N3O5. The third-order valence-corrected chi connectivity index (χ3v) is 3.78. The Balaban J connectivity index is 1.73. The predicted molar refractivity (Wildman–Crippen MR) is 95.7 cm³/mol. The Morgan fingerprint density at radius 1 is 1.27 bits per heavy atom. The summed E-state index contributed by atoms with van der Waals surface area (Å²) in [5.74, 6) is 0.204. The molecular weight excluding hydrogens is 338 g/mol. The quantitative estimate of drug-likeness (QED) is 0.430. The van der Waals surface area contributed by atoms with Crippen LogP contribution in [0.2, 0.25) is 0 Å². The summed E-state index contributed by atoms with van der Waals surface area (Å²) in [5, 5.41) is 15.2. The SMILES string of the molecule is COc1ccc(/C=N/NC(=O)c2cc3cc([N+](=O)[O-])ccc3o2)c(C)c1. The molecule has 0 radical (unpaired) electrons. The highest BCUT2D eigenvalue weighted by molar-refractivity contribution is 5.97. The van der Waals surface area contributed by atoms with Crippen LogP contribution in [0.1, 0.15) is 21.7 Å². The van der Waals surface area contributed by atoms with E-state index < -0.39 is 10.8 Å². The number of hydrogen-bond donors (Lipinski definition) is 1. The molecule has 0 aliphatic rings. The second-order valence-electron chi connectivity index (χ2n) is 5.51. The first-order chi connectivity index (χ1) is 12.5. The van der Waals surface area contributed by atoms with Crippen molar-refractivity contribution in [1.29, 1.82) is 0 Å². The summed E-state index contributed by atoms with van der Waals surface area (Å²) >= 11 is 0. The lowest BCUT2D eigenvalue weighted by atomic mass is 10.1. The van der Waals surface area contributed by atoms with Crippen LogP contribution in [0.25, 0.3) is 11.0 Å². The topological polar surface area (TPSA) is 107 Å². The van der Waals surface area contributed by atoms with Gasteiger partial charge in [0, 0.05) is 17.5 Å². The van der Waals surface area contributed by atoms with Crippen molar-refractivity contribution in [1.82, 2.24) is 5.43 Å². The average Bonchev–Trinajstić information content (AvgIpc) is 3.06. The number of fused-ring (bicyclic) bond motifs is 1. The number of aryl methyl sites for hydroxylation is 1. The number of hydrogen-bond acceptors (Lipinski definition) is 6. The first-order valence-corrected chi connectivity index (χ1v) is 7.64. The van der Waals surface area contributed by atoms with E-state index >= 15 is 0 Å². The first-order valence-electron chi connectivity index (χ1n) is 7.64. The molecule has 8 nitrogen and oxygen atoms in total. The maximum atomic E-state index is 12.1. The highest BCUT2D eigenvalue weighted by Crippen LogP contribution is 2.24. The third kappa shape index (κ3) is 3.54. The molecule has 0 spiro atoms. The Labute approximate surface area is 148 Å². The molecule has 0 saturated carbocycles. The summed E-state index contributed by atoms with van der Waals surface area (Å²) < 4.78 is 10.5. The number of amides is 1. The fourth-order valence-electron chi connectivity index (χ4n) is 2.39. The second kappa shape index (κ2) is 7.06. The van der Waals surface area contributed by atoms with Crippen LogP contribution in [0.15, 0.2) is 52.0 Å². The van der Waals surface area contributed by atoms with Crippen LogP contribution >= 0.6 is 0 Å². The van der Waals surface area contributed by atoms with Crippen molar-refractivity contribution in [2.24, 2.45) is 5.10 Å². The van der Waals surface area contributed by atoms with Crippen molar-refractivity contribution in [2.75, 3.05) is 7.11 Å². The van der Waals surface area contributed by atoms with E-state index in [2.05, 4.69) is 10.5 Å². The molecule has 3 aromatic rings. The zero-order valence-electron chi connectivity index (χ0n) is 14.1. The second-order valence-corrected chi connectivity index (χ2v) is 5.51. The number of non-ortho nitro benzene ring substituents is 1. The van der Waals surface area contributed by atoms with Gasteiger partial charge in [-0.1, -0.05) is 0 Å². The van der Waals surface area contributed by atoms with Crippen molar-refractivity contribution in [2.45, 2.75) is 6.92 Å². The van der Waals surface area contributed by atoms with Gasteiger partial charge in [0.15, 0.2) is 5.76 Å². The lowest BCUT2D eigenvalue weighted by Gasteiger charge is -2.03. The summed E-state index contributed by atoms with van der Waals surface area (Å²) in [4.78, 5) is 22.4. The number of nitrogens with one attached hydrogen (secondary N) is 1. The number of carbonyl (C=O) groups excluding carboxylic acids is 1. The van der Waals surface area contributed by atoms with Gasteiger partial charge in [-0.25, -0.2) is 5.43 Å². The Morgan fingerprint density at radius 2 is 2.08 bits per heavy atom. The standard InChI is InChI=1S/C18H15N3O5/c1-11-7-15(25-2)5-3-12(11)10-19-20-18(22)17-9-13-8-14(21(23)24)4-6-16(13)26-17/h3-10H,1-2H3,(H,20,22)/b19-10+. The molecule has 26 heavy (non-hydrogen) atoms. The van der Waals surface area contributed by atoms with E-state index in [1.807, 2.05) is 19.1 Å². The molecule has 2 aromatic carbocycles. The molecule has 3 rings (SSSR count). The highest BCUT2D eigenvalue weighted by Gasteiger charge is 2.14. The van der Waals surface area contributed by atoms with E-state index in [1.54, 1.807) is 13.2 Å². The molecule has 0 saturated heterocycles. The minimum atomic E-state index is -0.550. The van der Waals surface area contributed by atoms with E-state index in [0.29, 0.717) is 11.0 Å². The van der Waals surface area contributed by atoms with Gasteiger partial charge in [0.2, 0.25) is 0 Å². The summed E-state index contributed by atoms with van der Waals surface area (Å²) in [6.07, 6.45) is 1.51. The van der Waals surface area contributed by atoms with Gasteiger partial charge < -0.3 is 9.15 Å². The fraction of sp³-hybridized carbons (Fsp3) is 0.111. The number of nitro groups is 1. The van der Waals surface area contributed by atoms with Crippen LogP contribution in [0.3, 0.4) is 0 Å². The van der Waals surface area contributed by atoms with Gasteiger partial charge in [-0.05, 0) is 48.4 Å². The number of rotatable bonds is 5. The lowest BCUT2D eigenvalue weighted by Crippen LogP contribution is -2.16. The minimum Gasteiger partial charge on any atom is -0.497 e. The van der Waals surface area contributed by atoms with Crippen LogP contribution in [0.5, 0.6) is 5.75 Å². The number of benzene rings is 2. The maximum absolute atomic E-state index is 12.1. The van der Waals surface area contributed by atoms with Gasteiger partial charge in [0.1, 0.15) is 11.3 Å². The summed E-state index contributed by atoms with van der Waals surface area (Å²) in [7, 11) is 1.59. The molecule has 1 N–H and O–H groups in total. The summed E-state index contributed by atoms with van der Waals surface area (Å²) in [6, 6.07) is 11.0. The van der Waals surface area contributed by atoms with Gasteiger partial charge in [-0.15, -0.1) is 0 Å². The molecule has 132 valence electrons. The fourth-order valence-corrected chi connectivity index (χ4v) is 2.39. The van der Waals surface area contributed by atoms with E-state index in [1.165, 1.54) is 30.5 Å². The van der Waals surface area contributed by atoms with Crippen molar-refractivity contribution in [3.8, 4) is 5.75 Å². The Kier molecular flexibility index (Phi) is 4.66. The van der Waals surface area contributed by atoms with Gasteiger partial charge in [0.25, 0.3) is 5.69 Å². The van der Waals surface area contributed by atoms with Crippen molar-refractivity contribution in [3.63, 3.8) is 0 Å². The van der Waals surface area contributed by atoms with Gasteiger partial charge in [-0.2, -0.15) is 5.10 Å². The monoisotopic (exact) mass is 353 g/mol. The van der Waals surface area contributed by atoms with Crippen molar-refractivity contribution < 1.29 is 18.9 Å². The Bertz CT molecular complexity index is 1020.